The average molecular weight is 284 g/mol. The molecule has 4 nitrogen and oxygen atoms in total. The standard InChI is InChI=1S/C17H20N2O2/c1-2-12-18-16(20)14-10-6-7-11-15(14)17(21)19-13-8-4-3-5-9-13/h2-9,14-15H,1,10-12H2,(H,18,20)(H,19,21)/t14-,15-/m0/s1. The van der Waals surface area contributed by atoms with Gasteiger partial charge in [0.25, 0.3) is 0 Å². The van der Waals surface area contributed by atoms with Gasteiger partial charge in [-0.25, -0.2) is 0 Å². The normalized spacial score (nSPS) is 20.6. The minimum absolute atomic E-state index is 0.0903. The Kier molecular flexibility index (Phi) is 5.32. The fourth-order valence-corrected chi connectivity index (χ4v) is 2.45. The summed E-state index contributed by atoms with van der Waals surface area (Å²) < 4.78 is 0. The number of hydrogen-bond acceptors (Lipinski definition) is 2. The topological polar surface area (TPSA) is 58.2 Å². The van der Waals surface area contributed by atoms with Crippen LogP contribution < -0.4 is 10.6 Å². The van der Waals surface area contributed by atoms with Crippen LogP contribution in [0.5, 0.6) is 0 Å². The zero-order valence-electron chi connectivity index (χ0n) is 11.9. The zero-order valence-corrected chi connectivity index (χ0v) is 11.9. The fourth-order valence-electron chi connectivity index (χ4n) is 2.45. The molecule has 1 aromatic carbocycles. The molecule has 0 heterocycles. The van der Waals surface area contributed by atoms with Gasteiger partial charge in [-0.15, -0.1) is 6.58 Å². The van der Waals surface area contributed by atoms with Crippen molar-refractivity contribution in [3.8, 4) is 0 Å². The highest BCUT2D eigenvalue weighted by molar-refractivity contribution is 5.96. The highest BCUT2D eigenvalue weighted by Gasteiger charge is 2.33. The molecular formula is C17H20N2O2. The van der Waals surface area contributed by atoms with E-state index in [2.05, 4.69) is 17.2 Å². The van der Waals surface area contributed by atoms with Crippen LogP contribution in [0, 0.1) is 11.8 Å². The molecule has 0 spiro atoms. The Balaban J connectivity index is 2.04. The fraction of sp³-hybridized carbons (Fsp3) is 0.294. The maximum atomic E-state index is 12.4. The molecule has 1 aromatic rings. The lowest BCUT2D eigenvalue weighted by Gasteiger charge is -2.26. The van der Waals surface area contributed by atoms with Crippen molar-refractivity contribution in [3.63, 3.8) is 0 Å². The van der Waals surface area contributed by atoms with Crippen molar-refractivity contribution in [1.29, 1.82) is 0 Å². The number of para-hydroxylation sites is 1. The van der Waals surface area contributed by atoms with Crippen LogP contribution in [0.15, 0.2) is 55.1 Å². The predicted octanol–water partition coefficient (Wildman–Crippen LogP) is 2.51. The minimum Gasteiger partial charge on any atom is -0.352 e. The summed E-state index contributed by atoms with van der Waals surface area (Å²) in [5.41, 5.74) is 0.752. The molecule has 2 N–H and O–H groups in total. The Labute approximate surface area is 124 Å². The lowest BCUT2D eigenvalue weighted by atomic mass is 9.81. The Morgan fingerprint density at radius 2 is 1.71 bits per heavy atom. The van der Waals surface area contributed by atoms with Crippen LogP contribution in [0.1, 0.15) is 12.8 Å². The van der Waals surface area contributed by atoms with Crippen LogP contribution in [0.2, 0.25) is 0 Å². The third kappa shape index (κ3) is 4.05. The molecule has 0 fully saturated rings. The molecule has 2 atom stereocenters. The molecule has 0 saturated carbocycles. The van der Waals surface area contributed by atoms with Crippen molar-refractivity contribution in [1.82, 2.24) is 5.32 Å². The number of anilines is 1. The summed E-state index contributed by atoms with van der Waals surface area (Å²) in [6.45, 7) is 4.00. The summed E-state index contributed by atoms with van der Waals surface area (Å²) in [5.74, 6) is -0.851. The van der Waals surface area contributed by atoms with E-state index in [1.807, 2.05) is 42.5 Å². The number of rotatable bonds is 5. The van der Waals surface area contributed by atoms with E-state index in [4.69, 9.17) is 0 Å². The molecule has 2 rings (SSSR count). The van der Waals surface area contributed by atoms with Gasteiger partial charge in [-0.05, 0) is 25.0 Å². The first-order valence-corrected chi connectivity index (χ1v) is 7.12. The first kappa shape index (κ1) is 15.0. The van der Waals surface area contributed by atoms with Crippen molar-refractivity contribution < 1.29 is 9.59 Å². The molecule has 2 amide bonds. The van der Waals surface area contributed by atoms with E-state index in [-0.39, 0.29) is 23.7 Å². The number of nitrogens with one attached hydrogen (secondary N) is 2. The number of allylic oxidation sites excluding steroid dienone is 2. The van der Waals surface area contributed by atoms with E-state index in [0.717, 1.165) is 5.69 Å². The van der Waals surface area contributed by atoms with Gasteiger partial charge in [0, 0.05) is 12.2 Å². The van der Waals surface area contributed by atoms with Gasteiger partial charge >= 0.3 is 0 Å². The predicted molar refractivity (Wildman–Crippen MR) is 83.6 cm³/mol. The van der Waals surface area contributed by atoms with Crippen LogP contribution in [0.3, 0.4) is 0 Å². The molecule has 0 radical (unpaired) electrons. The van der Waals surface area contributed by atoms with E-state index < -0.39 is 0 Å². The first-order valence-electron chi connectivity index (χ1n) is 7.12. The smallest absolute Gasteiger partial charge is 0.228 e. The van der Waals surface area contributed by atoms with Gasteiger partial charge in [0.15, 0.2) is 0 Å². The van der Waals surface area contributed by atoms with Crippen LogP contribution in [-0.2, 0) is 9.59 Å². The van der Waals surface area contributed by atoms with E-state index in [1.165, 1.54) is 0 Å². The molecule has 4 heteroatoms. The Bertz CT molecular complexity index is 537. The molecule has 1 aliphatic carbocycles. The quantitative estimate of drug-likeness (QED) is 0.816. The second-order valence-corrected chi connectivity index (χ2v) is 5.04. The Morgan fingerprint density at radius 3 is 2.33 bits per heavy atom. The number of carbonyl (C=O) groups is 2. The molecule has 1 aliphatic rings. The van der Waals surface area contributed by atoms with E-state index in [9.17, 15) is 9.59 Å². The summed E-state index contributed by atoms with van der Waals surface area (Å²) in [7, 11) is 0. The Morgan fingerprint density at radius 1 is 1.10 bits per heavy atom. The summed E-state index contributed by atoms with van der Waals surface area (Å²) in [6, 6.07) is 9.30. The number of hydrogen-bond donors (Lipinski definition) is 2. The Hall–Kier alpha value is -2.36. The van der Waals surface area contributed by atoms with Crippen LogP contribution in [0.4, 0.5) is 5.69 Å². The summed E-state index contributed by atoms with van der Waals surface area (Å²) in [6.07, 6.45) is 6.74. The first-order chi connectivity index (χ1) is 10.2. The zero-order chi connectivity index (χ0) is 15.1. The van der Waals surface area contributed by atoms with Gasteiger partial charge in [0.05, 0.1) is 11.8 Å². The highest BCUT2D eigenvalue weighted by Crippen LogP contribution is 2.27. The van der Waals surface area contributed by atoms with Crippen molar-refractivity contribution in [2.75, 3.05) is 11.9 Å². The van der Waals surface area contributed by atoms with Crippen molar-refractivity contribution in [2.45, 2.75) is 12.8 Å². The van der Waals surface area contributed by atoms with E-state index >= 15 is 0 Å². The molecule has 0 aromatic heterocycles. The van der Waals surface area contributed by atoms with Crippen LogP contribution >= 0.6 is 0 Å². The van der Waals surface area contributed by atoms with Gasteiger partial charge in [-0.3, -0.25) is 9.59 Å². The second kappa shape index (κ2) is 7.43. The molecule has 0 unspecified atom stereocenters. The summed E-state index contributed by atoms with van der Waals surface area (Å²) in [5, 5.41) is 5.66. The number of amides is 2. The van der Waals surface area contributed by atoms with Crippen molar-refractivity contribution >= 4 is 17.5 Å². The molecule has 0 bridgehead atoms. The summed E-state index contributed by atoms with van der Waals surface area (Å²) >= 11 is 0. The molecule has 0 saturated heterocycles. The van der Waals surface area contributed by atoms with E-state index in [1.54, 1.807) is 6.08 Å². The third-order valence-electron chi connectivity index (χ3n) is 3.57. The average Bonchev–Trinajstić information content (AvgIpc) is 2.53. The largest absolute Gasteiger partial charge is 0.352 e. The number of benzene rings is 1. The second-order valence-electron chi connectivity index (χ2n) is 5.04. The highest BCUT2D eigenvalue weighted by atomic mass is 16.2. The molecule has 0 aliphatic heterocycles. The molecule has 110 valence electrons. The van der Waals surface area contributed by atoms with Crippen molar-refractivity contribution in [2.24, 2.45) is 11.8 Å². The minimum atomic E-state index is -0.333. The van der Waals surface area contributed by atoms with Gasteiger partial charge in [0.2, 0.25) is 11.8 Å². The van der Waals surface area contributed by atoms with Crippen LogP contribution in [-0.4, -0.2) is 18.4 Å². The third-order valence-corrected chi connectivity index (χ3v) is 3.57. The summed E-state index contributed by atoms with van der Waals surface area (Å²) in [4.78, 5) is 24.6. The van der Waals surface area contributed by atoms with Gasteiger partial charge < -0.3 is 10.6 Å². The van der Waals surface area contributed by atoms with Crippen LogP contribution in [0.25, 0.3) is 0 Å². The van der Waals surface area contributed by atoms with Crippen molar-refractivity contribution in [3.05, 3.63) is 55.1 Å². The maximum Gasteiger partial charge on any atom is 0.228 e. The molecule has 21 heavy (non-hydrogen) atoms. The number of carbonyl (C=O) groups excluding carboxylic acids is 2. The van der Waals surface area contributed by atoms with Gasteiger partial charge in [-0.1, -0.05) is 36.4 Å². The maximum absolute atomic E-state index is 12.4. The van der Waals surface area contributed by atoms with Gasteiger partial charge in [-0.2, -0.15) is 0 Å². The van der Waals surface area contributed by atoms with E-state index in [0.29, 0.717) is 19.4 Å². The van der Waals surface area contributed by atoms with Gasteiger partial charge in [0.1, 0.15) is 0 Å². The molecular weight excluding hydrogens is 264 g/mol. The monoisotopic (exact) mass is 284 g/mol. The lowest BCUT2D eigenvalue weighted by Crippen LogP contribution is -2.40. The lowest BCUT2D eigenvalue weighted by molar-refractivity contribution is -0.132. The SMILES string of the molecule is C=CCNC(=O)[C@H]1CC=CC[C@@H]1C(=O)Nc1ccccc1.